The summed E-state index contributed by atoms with van der Waals surface area (Å²) in [5.41, 5.74) is -0.296. The van der Waals surface area contributed by atoms with Crippen molar-refractivity contribution in [2.24, 2.45) is 0 Å². The van der Waals surface area contributed by atoms with Crippen molar-refractivity contribution in [3.8, 4) is 11.4 Å². The number of esters is 1. The number of rotatable bonds is 7. The van der Waals surface area contributed by atoms with E-state index >= 15 is 0 Å². The van der Waals surface area contributed by atoms with Crippen LogP contribution in [0.3, 0.4) is 0 Å². The van der Waals surface area contributed by atoms with E-state index < -0.39 is 29.0 Å². The first kappa shape index (κ1) is 25.1. The fourth-order valence-corrected chi connectivity index (χ4v) is 3.52. The predicted octanol–water partition coefficient (Wildman–Crippen LogP) is 4.44. The summed E-state index contributed by atoms with van der Waals surface area (Å²) < 4.78 is 52.3. The lowest BCUT2D eigenvalue weighted by molar-refractivity contribution is -0.158. The Labute approximate surface area is 194 Å². The van der Waals surface area contributed by atoms with Crippen molar-refractivity contribution in [2.45, 2.75) is 52.9 Å². The van der Waals surface area contributed by atoms with Gasteiger partial charge in [0.2, 0.25) is 0 Å². The Hall–Kier alpha value is -3.56. The van der Waals surface area contributed by atoms with Crippen LogP contribution in [-0.2, 0) is 22.3 Å². The van der Waals surface area contributed by atoms with E-state index in [4.69, 9.17) is 9.47 Å². The predicted molar refractivity (Wildman–Crippen MR) is 119 cm³/mol. The van der Waals surface area contributed by atoms with Gasteiger partial charge in [0.1, 0.15) is 12.1 Å². The zero-order valence-electron chi connectivity index (χ0n) is 19.6. The first-order chi connectivity index (χ1) is 15.8. The van der Waals surface area contributed by atoms with Gasteiger partial charge in [-0.25, -0.2) is 18.8 Å². The lowest BCUT2D eigenvalue weighted by atomic mass is 10.0. The van der Waals surface area contributed by atoms with E-state index in [1.807, 2.05) is 13.8 Å². The molecule has 0 aliphatic heterocycles. The lowest BCUT2D eigenvalue weighted by Crippen LogP contribution is -2.40. The Morgan fingerprint density at radius 3 is 2.32 bits per heavy atom. The molecule has 0 saturated heterocycles. The number of aryl methyl sites for hydroxylation is 2. The van der Waals surface area contributed by atoms with E-state index in [0.29, 0.717) is 5.75 Å². The van der Waals surface area contributed by atoms with Crippen LogP contribution in [-0.4, -0.2) is 32.5 Å². The van der Waals surface area contributed by atoms with Gasteiger partial charge < -0.3 is 9.47 Å². The average molecular weight is 477 g/mol. The van der Waals surface area contributed by atoms with Gasteiger partial charge in [-0.05, 0) is 69.5 Å². The number of hydrogen-bond acceptors (Lipinski definition) is 5. The van der Waals surface area contributed by atoms with E-state index in [1.54, 1.807) is 32.9 Å². The van der Waals surface area contributed by atoms with Crippen molar-refractivity contribution < 1.29 is 27.4 Å². The van der Waals surface area contributed by atoms with Gasteiger partial charge in [0, 0.05) is 0 Å². The molecule has 0 unspecified atom stereocenters. The number of ether oxygens (including phenoxy) is 2. The highest BCUT2D eigenvalue weighted by atomic mass is 19.4. The van der Waals surface area contributed by atoms with Crippen molar-refractivity contribution in [3.63, 3.8) is 0 Å². The van der Waals surface area contributed by atoms with E-state index in [-0.39, 0.29) is 18.8 Å². The number of alkyl halides is 3. The zero-order valence-corrected chi connectivity index (χ0v) is 19.6. The molecule has 3 rings (SSSR count). The van der Waals surface area contributed by atoms with Gasteiger partial charge in [-0.2, -0.15) is 18.3 Å². The molecule has 182 valence electrons. The standard InChI is InChI=1S/C24H26F3N3O4/c1-6-33-21(31)23(4,5)34-20-15(2)10-17(11-16(20)3)13-30-22(32)29(14-28-30)19-9-7-8-18(12-19)24(25,26)27/h7-12,14H,6,13H2,1-5H3. The van der Waals surface area contributed by atoms with Crippen LogP contribution in [0.5, 0.6) is 5.75 Å². The Morgan fingerprint density at radius 1 is 1.09 bits per heavy atom. The van der Waals surface area contributed by atoms with Crippen LogP contribution in [0, 0.1) is 13.8 Å². The van der Waals surface area contributed by atoms with Crippen molar-refractivity contribution >= 4 is 5.97 Å². The van der Waals surface area contributed by atoms with E-state index in [2.05, 4.69) is 5.10 Å². The second-order valence-electron chi connectivity index (χ2n) is 8.38. The largest absolute Gasteiger partial charge is 0.476 e. The molecule has 0 N–H and O–H groups in total. The van der Waals surface area contributed by atoms with Crippen molar-refractivity contribution in [1.29, 1.82) is 0 Å². The minimum Gasteiger partial charge on any atom is -0.476 e. The number of carbonyl (C=O) groups is 1. The third-order valence-electron chi connectivity index (χ3n) is 5.16. The van der Waals surface area contributed by atoms with Gasteiger partial charge in [-0.1, -0.05) is 18.2 Å². The summed E-state index contributed by atoms with van der Waals surface area (Å²) in [5, 5.41) is 4.06. The molecule has 0 aliphatic carbocycles. The molecule has 0 fully saturated rings. The molecular formula is C24H26F3N3O4. The third-order valence-corrected chi connectivity index (χ3v) is 5.16. The van der Waals surface area contributed by atoms with Crippen molar-refractivity contribution in [2.75, 3.05) is 6.61 Å². The second-order valence-corrected chi connectivity index (χ2v) is 8.38. The monoisotopic (exact) mass is 477 g/mol. The molecule has 0 amide bonds. The van der Waals surface area contributed by atoms with Crippen LogP contribution in [0.25, 0.3) is 5.69 Å². The van der Waals surface area contributed by atoms with Crippen LogP contribution in [0.2, 0.25) is 0 Å². The molecule has 1 aromatic heterocycles. The molecular weight excluding hydrogens is 451 g/mol. The van der Waals surface area contributed by atoms with E-state index in [1.165, 1.54) is 18.5 Å². The normalized spacial score (nSPS) is 12.0. The molecule has 0 bridgehead atoms. The number of halogens is 3. The molecule has 3 aromatic rings. The van der Waals surface area contributed by atoms with Gasteiger partial charge in [-0.15, -0.1) is 0 Å². The summed E-state index contributed by atoms with van der Waals surface area (Å²) in [6.07, 6.45) is -3.33. The van der Waals surface area contributed by atoms with Crippen LogP contribution < -0.4 is 10.4 Å². The minimum atomic E-state index is -4.52. The maximum Gasteiger partial charge on any atom is 0.416 e. The average Bonchev–Trinajstić information content (AvgIpc) is 3.10. The molecule has 0 aliphatic rings. The minimum absolute atomic E-state index is 0.0726. The SMILES string of the molecule is CCOC(=O)C(C)(C)Oc1c(C)cc(Cn2ncn(-c3cccc(C(F)(F)F)c3)c2=O)cc1C. The molecule has 0 spiro atoms. The first-order valence-corrected chi connectivity index (χ1v) is 10.6. The quantitative estimate of drug-likeness (QED) is 0.471. The van der Waals surface area contributed by atoms with Crippen molar-refractivity contribution in [3.05, 3.63) is 75.5 Å². The smallest absolute Gasteiger partial charge is 0.416 e. The van der Waals surface area contributed by atoms with Crippen LogP contribution in [0.4, 0.5) is 13.2 Å². The Balaban J connectivity index is 1.86. The molecule has 1 heterocycles. The van der Waals surface area contributed by atoms with E-state index in [9.17, 15) is 22.8 Å². The number of nitrogens with zero attached hydrogens (tertiary/aromatic N) is 3. The molecule has 2 aromatic carbocycles. The van der Waals surface area contributed by atoms with Gasteiger partial charge in [-0.3, -0.25) is 0 Å². The molecule has 0 atom stereocenters. The third kappa shape index (κ3) is 5.32. The van der Waals surface area contributed by atoms with Crippen LogP contribution >= 0.6 is 0 Å². The highest BCUT2D eigenvalue weighted by molar-refractivity contribution is 5.79. The van der Waals surface area contributed by atoms with Gasteiger partial charge in [0.05, 0.1) is 24.4 Å². The second kappa shape index (κ2) is 9.36. The molecule has 7 nitrogen and oxygen atoms in total. The summed E-state index contributed by atoms with van der Waals surface area (Å²) in [6.45, 7) is 8.94. The fraction of sp³-hybridized carbons (Fsp3) is 0.375. The number of carbonyl (C=O) groups excluding carboxylic acids is 1. The molecule has 34 heavy (non-hydrogen) atoms. The first-order valence-electron chi connectivity index (χ1n) is 10.6. The maximum absolute atomic E-state index is 13.0. The molecule has 0 radical (unpaired) electrons. The number of hydrogen-bond donors (Lipinski definition) is 0. The fourth-order valence-electron chi connectivity index (χ4n) is 3.52. The number of benzene rings is 2. The van der Waals surface area contributed by atoms with Gasteiger partial charge >= 0.3 is 17.8 Å². The van der Waals surface area contributed by atoms with Crippen molar-refractivity contribution in [1.82, 2.24) is 14.3 Å². The Morgan fingerprint density at radius 2 is 1.74 bits per heavy atom. The maximum atomic E-state index is 13.0. The summed E-state index contributed by atoms with van der Waals surface area (Å²) in [4.78, 5) is 25.0. The summed E-state index contributed by atoms with van der Waals surface area (Å²) in [7, 11) is 0. The summed E-state index contributed by atoms with van der Waals surface area (Å²) in [6, 6.07) is 8.11. The summed E-state index contributed by atoms with van der Waals surface area (Å²) >= 11 is 0. The number of aromatic nitrogens is 3. The Kier molecular flexibility index (Phi) is 6.90. The van der Waals surface area contributed by atoms with Crippen LogP contribution in [0.1, 0.15) is 43.0 Å². The van der Waals surface area contributed by atoms with Crippen LogP contribution in [0.15, 0.2) is 47.5 Å². The summed E-state index contributed by atoms with van der Waals surface area (Å²) in [5.74, 6) is 0.0493. The molecule has 0 saturated carbocycles. The van der Waals surface area contributed by atoms with E-state index in [0.717, 1.165) is 38.1 Å². The highest BCUT2D eigenvalue weighted by Crippen LogP contribution is 2.31. The van der Waals surface area contributed by atoms with Gasteiger partial charge in [0.25, 0.3) is 0 Å². The highest BCUT2D eigenvalue weighted by Gasteiger charge is 2.33. The zero-order chi connectivity index (χ0) is 25.3. The Bertz CT molecular complexity index is 1240. The van der Waals surface area contributed by atoms with Gasteiger partial charge in [0.15, 0.2) is 5.60 Å². The topological polar surface area (TPSA) is 75.3 Å². The lowest BCUT2D eigenvalue weighted by Gasteiger charge is -2.26. The molecule has 10 heteroatoms.